The number of nitrogens with one attached hydrogen (secondary N) is 1. The average Bonchev–Trinajstić information content (AvgIpc) is 2.66. The van der Waals surface area contributed by atoms with Gasteiger partial charge in [0.2, 0.25) is 10.0 Å². The summed E-state index contributed by atoms with van der Waals surface area (Å²) in [5.41, 5.74) is 5.57. The molecule has 1 saturated carbocycles. The van der Waals surface area contributed by atoms with Crippen molar-refractivity contribution in [2.24, 2.45) is 11.7 Å². The predicted molar refractivity (Wildman–Crippen MR) is 86.3 cm³/mol. The first-order chi connectivity index (χ1) is 9.42. The fraction of sp³-hybridized carbons (Fsp3) is 0.692. The van der Waals surface area contributed by atoms with E-state index in [4.69, 9.17) is 5.73 Å². The van der Waals surface area contributed by atoms with Crippen molar-refractivity contribution in [2.45, 2.75) is 56.5 Å². The van der Waals surface area contributed by atoms with Gasteiger partial charge in [-0.1, -0.05) is 19.8 Å². The summed E-state index contributed by atoms with van der Waals surface area (Å²) in [5.74, 6) is 0.696. The lowest BCUT2D eigenvalue weighted by Gasteiger charge is -2.16. The fourth-order valence-electron chi connectivity index (χ4n) is 2.57. The molecule has 3 N–H and O–H groups in total. The molecule has 0 aromatic carbocycles. The summed E-state index contributed by atoms with van der Waals surface area (Å²) in [6.45, 7) is 2.60. The van der Waals surface area contributed by atoms with Gasteiger partial charge in [0, 0.05) is 17.5 Å². The topological polar surface area (TPSA) is 72.2 Å². The van der Waals surface area contributed by atoms with E-state index in [0.29, 0.717) is 21.1 Å². The smallest absolute Gasteiger partial charge is 0.242 e. The minimum Gasteiger partial charge on any atom is -0.326 e. The van der Waals surface area contributed by atoms with Crippen molar-refractivity contribution in [3.05, 3.63) is 14.7 Å². The molecular formula is C13H21BrN2O2S2. The fourth-order valence-corrected chi connectivity index (χ4v) is 6.44. The van der Waals surface area contributed by atoms with Gasteiger partial charge in [-0.25, -0.2) is 13.1 Å². The molecule has 20 heavy (non-hydrogen) atoms. The Balaban J connectivity index is 2.12. The molecule has 1 aliphatic rings. The summed E-state index contributed by atoms with van der Waals surface area (Å²) in [5, 5.41) is 0. The zero-order chi connectivity index (χ0) is 14.8. The molecule has 0 saturated heterocycles. The van der Waals surface area contributed by atoms with Gasteiger partial charge in [-0.2, -0.15) is 0 Å². The summed E-state index contributed by atoms with van der Waals surface area (Å²) in [6.07, 6.45) is 5.22. The lowest BCUT2D eigenvalue weighted by Crippen LogP contribution is -2.34. The van der Waals surface area contributed by atoms with Crippen molar-refractivity contribution in [1.82, 2.24) is 4.72 Å². The molecule has 0 radical (unpaired) electrons. The first-order valence-electron chi connectivity index (χ1n) is 6.93. The maximum Gasteiger partial charge on any atom is 0.242 e. The van der Waals surface area contributed by atoms with Crippen LogP contribution < -0.4 is 10.5 Å². The Hall–Kier alpha value is 0.0500. The van der Waals surface area contributed by atoms with Crippen molar-refractivity contribution in [1.29, 1.82) is 0 Å². The molecule has 2 rings (SSSR count). The molecule has 0 spiro atoms. The molecule has 1 fully saturated rings. The van der Waals surface area contributed by atoms with Gasteiger partial charge in [-0.15, -0.1) is 11.3 Å². The molecule has 2 atom stereocenters. The quantitative estimate of drug-likeness (QED) is 0.787. The van der Waals surface area contributed by atoms with Crippen molar-refractivity contribution < 1.29 is 8.42 Å². The third-order valence-electron chi connectivity index (χ3n) is 3.78. The second kappa shape index (κ2) is 6.87. The Morgan fingerprint density at radius 2 is 2.15 bits per heavy atom. The molecule has 2 unspecified atom stereocenters. The summed E-state index contributed by atoms with van der Waals surface area (Å²) >= 11 is 4.71. The van der Waals surface area contributed by atoms with Gasteiger partial charge in [0.05, 0.1) is 3.79 Å². The van der Waals surface area contributed by atoms with Crippen LogP contribution in [-0.4, -0.2) is 14.5 Å². The van der Waals surface area contributed by atoms with Crippen LogP contribution in [0.2, 0.25) is 0 Å². The molecule has 0 bridgehead atoms. The van der Waals surface area contributed by atoms with Gasteiger partial charge in [-0.3, -0.25) is 0 Å². The lowest BCUT2D eigenvalue weighted by atomic mass is 10.0. The van der Waals surface area contributed by atoms with E-state index in [-0.39, 0.29) is 6.04 Å². The number of hydrogen-bond donors (Lipinski definition) is 2. The zero-order valence-corrected chi connectivity index (χ0v) is 14.8. The van der Waals surface area contributed by atoms with E-state index in [2.05, 4.69) is 27.6 Å². The van der Waals surface area contributed by atoms with Crippen LogP contribution in [-0.2, 0) is 16.6 Å². The Kier molecular flexibility index (Phi) is 5.64. The van der Waals surface area contributed by atoms with E-state index in [1.54, 1.807) is 6.07 Å². The average molecular weight is 381 g/mol. The van der Waals surface area contributed by atoms with Gasteiger partial charge < -0.3 is 5.73 Å². The van der Waals surface area contributed by atoms with Crippen molar-refractivity contribution >= 4 is 37.3 Å². The molecule has 1 aliphatic carbocycles. The Morgan fingerprint density at radius 1 is 1.40 bits per heavy atom. The Labute approximate surface area is 133 Å². The largest absolute Gasteiger partial charge is 0.326 e. The van der Waals surface area contributed by atoms with Gasteiger partial charge in [0.1, 0.15) is 4.90 Å². The van der Waals surface area contributed by atoms with Crippen LogP contribution in [0.5, 0.6) is 0 Å². The number of halogens is 1. The van der Waals surface area contributed by atoms with Crippen LogP contribution in [0.4, 0.5) is 0 Å². The van der Waals surface area contributed by atoms with E-state index >= 15 is 0 Å². The zero-order valence-electron chi connectivity index (χ0n) is 11.6. The number of sulfonamides is 1. The number of rotatable bonds is 4. The SMILES string of the molecule is CC1CCCC(NS(=O)(=O)c2cc(CN)sc2Br)CC1. The molecule has 4 nitrogen and oxygen atoms in total. The van der Waals surface area contributed by atoms with Gasteiger partial charge in [0.25, 0.3) is 0 Å². The minimum atomic E-state index is -3.46. The predicted octanol–water partition coefficient (Wildman–Crippen LogP) is 3.22. The van der Waals surface area contributed by atoms with E-state index in [1.165, 1.54) is 17.8 Å². The van der Waals surface area contributed by atoms with E-state index in [1.807, 2.05) is 0 Å². The van der Waals surface area contributed by atoms with Gasteiger partial charge >= 0.3 is 0 Å². The Bertz CT molecular complexity index is 557. The summed E-state index contributed by atoms with van der Waals surface area (Å²) in [4.78, 5) is 1.19. The Morgan fingerprint density at radius 3 is 2.80 bits per heavy atom. The molecule has 0 aliphatic heterocycles. The standard InChI is InChI=1S/C13H21BrN2O2S2/c1-9-3-2-4-10(6-5-9)16-20(17,18)12-7-11(8-15)19-13(12)14/h7,9-10,16H,2-6,8,15H2,1H3. The van der Waals surface area contributed by atoms with Crippen LogP contribution in [0.25, 0.3) is 0 Å². The van der Waals surface area contributed by atoms with Gasteiger partial charge in [-0.05, 0) is 47.2 Å². The monoisotopic (exact) mass is 380 g/mol. The van der Waals surface area contributed by atoms with Crippen LogP contribution in [0, 0.1) is 5.92 Å². The second-order valence-electron chi connectivity index (χ2n) is 5.49. The minimum absolute atomic E-state index is 0.0538. The van der Waals surface area contributed by atoms with Crippen molar-refractivity contribution in [3.63, 3.8) is 0 Å². The van der Waals surface area contributed by atoms with Crippen LogP contribution in [0.3, 0.4) is 0 Å². The highest BCUT2D eigenvalue weighted by Crippen LogP contribution is 2.32. The van der Waals surface area contributed by atoms with Gasteiger partial charge in [0.15, 0.2) is 0 Å². The first-order valence-corrected chi connectivity index (χ1v) is 10.0. The number of hydrogen-bond acceptors (Lipinski definition) is 4. The summed E-state index contributed by atoms with van der Waals surface area (Å²) in [6, 6.07) is 1.72. The molecule has 114 valence electrons. The van der Waals surface area contributed by atoms with E-state index in [0.717, 1.165) is 30.6 Å². The van der Waals surface area contributed by atoms with Crippen molar-refractivity contribution in [2.75, 3.05) is 0 Å². The molecule has 1 aromatic rings. The number of thiophene rings is 1. The highest BCUT2D eigenvalue weighted by molar-refractivity contribution is 9.11. The maximum atomic E-state index is 12.5. The molecular weight excluding hydrogens is 360 g/mol. The molecule has 1 aromatic heterocycles. The highest BCUT2D eigenvalue weighted by Gasteiger charge is 2.25. The molecule has 1 heterocycles. The number of nitrogens with two attached hydrogens (primary N) is 1. The first kappa shape index (κ1) is 16.4. The highest BCUT2D eigenvalue weighted by atomic mass is 79.9. The maximum absolute atomic E-state index is 12.5. The second-order valence-corrected chi connectivity index (χ2v) is 9.62. The summed E-state index contributed by atoms with van der Waals surface area (Å²) in [7, 11) is -3.46. The van der Waals surface area contributed by atoms with E-state index < -0.39 is 10.0 Å². The van der Waals surface area contributed by atoms with Crippen LogP contribution in [0.1, 0.15) is 43.9 Å². The molecule has 0 amide bonds. The lowest BCUT2D eigenvalue weighted by molar-refractivity contribution is 0.484. The normalized spacial score (nSPS) is 24.6. The molecule has 7 heteroatoms. The summed E-state index contributed by atoms with van der Waals surface area (Å²) < 4.78 is 28.4. The van der Waals surface area contributed by atoms with Crippen molar-refractivity contribution in [3.8, 4) is 0 Å². The van der Waals surface area contributed by atoms with Crippen LogP contribution in [0.15, 0.2) is 14.7 Å². The third kappa shape index (κ3) is 4.04. The van der Waals surface area contributed by atoms with E-state index in [9.17, 15) is 8.42 Å². The van der Waals surface area contributed by atoms with Crippen LogP contribution >= 0.6 is 27.3 Å². The third-order valence-corrected chi connectivity index (χ3v) is 7.57.